The quantitative estimate of drug-likeness (QED) is 0.791. The third-order valence-electron chi connectivity index (χ3n) is 5.72. The summed E-state index contributed by atoms with van der Waals surface area (Å²) in [4.78, 5) is 44.5. The Bertz CT molecular complexity index is 793. The van der Waals surface area contributed by atoms with Crippen LogP contribution >= 0.6 is 11.3 Å². The Hall–Kier alpha value is -1.93. The van der Waals surface area contributed by atoms with Crippen LogP contribution in [0.3, 0.4) is 0 Å². The highest BCUT2D eigenvalue weighted by atomic mass is 32.1. The number of thiophene rings is 1. The van der Waals surface area contributed by atoms with Crippen LogP contribution in [0.25, 0.3) is 0 Å². The van der Waals surface area contributed by atoms with Crippen LogP contribution in [0.5, 0.6) is 0 Å². The lowest BCUT2D eigenvalue weighted by atomic mass is 9.96. The van der Waals surface area contributed by atoms with Gasteiger partial charge in [0.05, 0.1) is 16.4 Å². The average Bonchev–Trinajstić information content (AvgIpc) is 3.27. The van der Waals surface area contributed by atoms with Gasteiger partial charge in [0.1, 0.15) is 0 Å². The van der Waals surface area contributed by atoms with Crippen molar-refractivity contribution in [2.75, 3.05) is 51.1 Å². The fraction of sp³-hybridized carbons (Fsp3) is 0.682. The van der Waals surface area contributed by atoms with Crippen LogP contribution in [-0.2, 0) is 9.59 Å². The molecule has 30 heavy (non-hydrogen) atoms. The number of rotatable bonds is 4. The number of hydrogen-bond donors (Lipinski definition) is 1. The first kappa shape index (κ1) is 22.7. The minimum Gasteiger partial charge on any atom is -0.342 e. The standard InChI is InChI=1S/C22H34N4O3S/c1-16-14-17(23-21(29)22(2,3)4)30-19(16)20(28)26-11-7-8-24(12-13-26)15-18(27)25-9-5-6-10-25/h14H,5-13,15H2,1-4H3,(H,23,29). The molecule has 3 heterocycles. The maximum atomic E-state index is 13.1. The second kappa shape index (κ2) is 9.47. The van der Waals surface area contributed by atoms with E-state index in [0.717, 1.165) is 44.5 Å². The van der Waals surface area contributed by atoms with Crippen LogP contribution in [0.1, 0.15) is 55.3 Å². The first-order valence-corrected chi connectivity index (χ1v) is 11.7. The Kier molecular flexibility index (Phi) is 7.18. The molecule has 2 aliphatic rings. The monoisotopic (exact) mass is 434 g/mol. The van der Waals surface area contributed by atoms with E-state index < -0.39 is 5.41 Å². The second-order valence-corrected chi connectivity index (χ2v) is 10.4. The molecule has 0 spiro atoms. The zero-order chi connectivity index (χ0) is 21.9. The van der Waals surface area contributed by atoms with Crippen LogP contribution in [0.4, 0.5) is 5.00 Å². The van der Waals surface area contributed by atoms with Crippen molar-refractivity contribution in [3.63, 3.8) is 0 Å². The predicted octanol–water partition coefficient (Wildman–Crippen LogP) is 2.81. The first-order valence-electron chi connectivity index (χ1n) is 10.9. The number of likely N-dealkylation sites (tertiary alicyclic amines) is 1. The van der Waals surface area contributed by atoms with Gasteiger partial charge in [0.15, 0.2) is 0 Å². The van der Waals surface area contributed by atoms with E-state index in [0.29, 0.717) is 36.1 Å². The topological polar surface area (TPSA) is 73.0 Å². The van der Waals surface area contributed by atoms with Crippen molar-refractivity contribution >= 4 is 34.1 Å². The Balaban J connectivity index is 1.58. The highest BCUT2D eigenvalue weighted by Gasteiger charge is 2.27. The zero-order valence-corrected chi connectivity index (χ0v) is 19.4. The SMILES string of the molecule is Cc1cc(NC(=O)C(C)(C)C)sc1C(=O)N1CCCN(CC(=O)N2CCCC2)CC1. The number of nitrogens with zero attached hydrogens (tertiary/aromatic N) is 3. The molecule has 0 atom stereocenters. The number of hydrogen-bond acceptors (Lipinski definition) is 5. The van der Waals surface area contributed by atoms with Gasteiger partial charge in [-0.2, -0.15) is 0 Å². The van der Waals surface area contributed by atoms with Crippen molar-refractivity contribution < 1.29 is 14.4 Å². The lowest BCUT2D eigenvalue weighted by Gasteiger charge is -2.24. The molecular weight excluding hydrogens is 400 g/mol. The largest absolute Gasteiger partial charge is 0.342 e. The molecule has 0 aliphatic carbocycles. The molecule has 3 amide bonds. The van der Waals surface area contributed by atoms with Gasteiger partial charge in [-0.3, -0.25) is 19.3 Å². The normalized spacial score (nSPS) is 18.4. The summed E-state index contributed by atoms with van der Waals surface area (Å²) in [5, 5.41) is 3.64. The van der Waals surface area contributed by atoms with E-state index in [-0.39, 0.29) is 17.7 Å². The number of nitrogens with one attached hydrogen (secondary N) is 1. The Morgan fingerprint density at radius 2 is 1.63 bits per heavy atom. The Labute approximate surface area is 183 Å². The van der Waals surface area contributed by atoms with Gasteiger partial charge in [0.2, 0.25) is 11.8 Å². The van der Waals surface area contributed by atoms with Gasteiger partial charge in [0, 0.05) is 44.7 Å². The van der Waals surface area contributed by atoms with Gasteiger partial charge in [-0.05, 0) is 37.8 Å². The smallest absolute Gasteiger partial charge is 0.264 e. The van der Waals surface area contributed by atoms with E-state index in [1.807, 2.05) is 43.6 Å². The third kappa shape index (κ3) is 5.60. The summed E-state index contributed by atoms with van der Waals surface area (Å²) in [5.41, 5.74) is 0.405. The highest BCUT2D eigenvalue weighted by Crippen LogP contribution is 2.29. The number of carbonyl (C=O) groups excluding carboxylic acids is 3. The fourth-order valence-electron chi connectivity index (χ4n) is 3.79. The van der Waals surface area contributed by atoms with Gasteiger partial charge in [0.25, 0.3) is 5.91 Å². The molecule has 1 N–H and O–H groups in total. The molecule has 2 aliphatic heterocycles. The number of amides is 3. The van der Waals surface area contributed by atoms with Crippen LogP contribution in [0, 0.1) is 12.3 Å². The molecule has 0 bridgehead atoms. The minimum atomic E-state index is -0.483. The summed E-state index contributed by atoms with van der Waals surface area (Å²) in [7, 11) is 0. The number of aryl methyl sites for hydroxylation is 1. The Morgan fingerprint density at radius 1 is 0.967 bits per heavy atom. The number of anilines is 1. The fourth-order valence-corrected chi connectivity index (χ4v) is 4.82. The highest BCUT2D eigenvalue weighted by molar-refractivity contribution is 7.18. The molecule has 1 aromatic rings. The Morgan fingerprint density at radius 3 is 2.30 bits per heavy atom. The van der Waals surface area contributed by atoms with Crippen LogP contribution in [0.15, 0.2) is 6.07 Å². The van der Waals surface area contributed by atoms with Crippen LogP contribution < -0.4 is 5.32 Å². The molecule has 8 heteroatoms. The van der Waals surface area contributed by atoms with Crippen molar-refractivity contribution in [1.29, 1.82) is 0 Å². The number of carbonyl (C=O) groups is 3. The van der Waals surface area contributed by atoms with Gasteiger partial charge in [-0.25, -0.2) is 0 Å². The molecule has 166 valence electrons. The summed E-state index contributed by atoms with van der Waals surface area (Å²) >= 11 is 1.34. The molecule has 0 radical (unpaired) electrons. The van der Waals surface area contributed by atoms with E-state index in [1.54, 1.807) is 0 Å². The maximum Gasteiger partial charge on any atom is 0.264 e. The van der Waals surface area contributed by atoms with Gasteiger partial charge >= 0.3 is 0 Å². The first-order chi connectivity index (χ1) is 14.1. The molecular formula is C22H34N4O3S. The molecule has 3 rings (SSSR count). The molecule has 7 nitrogen and oxygen atoms in total. The molecule has 0 saturated carbocycles. The van der Waals surface area contributed by atoms with E-state index in [9.17, 15) is 14.4 Å². The molecule has 2 saturated heterocycles. The van der Waals surface area contributed by atoms with Crippen molar-refractivity contribution in [1.82, 2.24) is 14.7 Å². The van der Waals surface area contributed by atoms with Crippen molar-refractivity contribution in [2.24, 2.45) is 5.41 Å². The molecule has 0 unspecified atom stereocenters. The third-order valence-corrected chi connectivity index (χ3v) is 6.86. The summed E-state index contributed by atoms with van der Waals surface area (Å²) in [6.07, 6.45) is 3.07. The summed E-state index contributed by atoms with van der Waals surface area (Å²) in [6.45, 7) is 12.6. The molecule has 0 aromatic carbocycles. The lowest BCUT2D eigenvalue weighted by molar-refractivity contribution is -0.131. The summed E-state index contributed by atoms with van der Waals surface area (Å²) in [5.74, 6) is 0.165. The molecule has 2 fully saturated rings. The van der Waals surface area contributed by atoms with Gasteiger partial charge < -0.3 is 15.1 Å². The van der Waals surface area contributed by atoms with E-state index >= 15 is 0 Å². The van der Waals surface area contributed by atoms with Crippen molar-refractivity contribution in [3.05, 3.63) is 16.5 Å². The van der Waals surface area contributed by atoms with Crippen molar-refractivity contribution in [2.45, 2.75) is 47.0 Å². The minimum absolute atomic E-state index is 0.0153. The van der Waals surface area contributed by atoms with Gasteiger partial charge in [-0.15, -0.1) is 11.3 Å². The second-order valence-electron chi connectivity index (χ2n) is 9.34. The van der Waals surface area contributed by atoms with Crippen molar-refractivity contribution in [3.8, 4) is 0 Å². The van der Waals surface area contributed by atoms with E-state index in [2.05, 4.69) is 10.2 Å². The van der Waals surface area contributed by atoms with Crippen LogP contribution in [-0.4, -0.2) is 78.2 Å². The maximum absolute atomic E-state index is 13.1. The lowest BCUT2D eigenvalue weighted by Crippen LogP contribution is -2.41. The zero-order valence-electron chi connectivity index (χ0n) is 18.6. The van der Waals surface area contributed by atoms with E-state index in [4.69, 9.17) is 0 Å². The predicted molar refractivity (Wildman–Crippen MR) is 120 cm³/mol. The average molecular weight is 435 g/mol. The van der Waals surface area contributed by atoms with E-state index in [1.165, 1.54) is 11.3 Å². The summed E-state index contributed by atoms with van der Waals surface area (Å²) in [6, 6.07) is 1.88. The molecule has 1 aromatic heterocycles. The van der Waals surface area contributed by atoms with Crippen LogP contribution in [0.2, 0.25) is 0 Å². The summed E-state index contributed by atoms with van der Waals surface area (Å²) < 4.78 is 0. The van der Waals surface area contributed by atoms with Gasteiger partial charge in [-0.1, -0.05) is 20.8 Å².